The fraction of sp³-hybridized carbons (Fsp3) is 0.167. The number of carbonyl (C=O) groups excluding carboxylic acids is 1. The van der Waals surface area contributed by atoms with E-state index in [1.165, 1.54) is 54.5 Å². The summed E-state index contributed by atoms with van der Waals surface area (Å²) in [6.45, 7) is -0.252. The lowest BCUT2D eigenvalue weighted by Crippen LogP contribution is -2.29. The Morgan fingerprint density at radius 1 is 1.09 bits per heavy atom. The first kappa shape index (κ1) is 25.5. The average molecular weight is 508 g/mol. The average Bonchev–Trinajstić information content (AvgIpc) is 2.83. The molecule has 3 aromatic carbocycles. The number of ether oxygens (including phenoxy) is 1. The van der Waals surface area contributed by atoms with E-state index >= 15 is 0 Å². The molecule has 0 radical (unpaired) electrons. The molecule has 10 heteroatoms. The summed E-state index contributed by atoms with van der Waals surface area (Å²) in [5.74, 6) is -1.77. The van der Waals surface area contributed by atoms with Gasteiger partial charge in [-0.3, -0.25) is 9.79 Å². The molecule has 0 atom stereocenters. The predicted molar refractivity (Wildman–Crippen MR) is 131 cm³/mol. The molecule has 0 fully saturated rings. The largest absolute Gasteiger partial charge is 0.495 e. The lowest BCUT2D eigenvalue weighted by atomic mass is 10.2. The lowest BCUT2D eigenvalue weighted by molar-refractivity contribution is -0.116. The van der Waals surface area contributed by atoms with Gasteiger partial charge in [0, 0.05) is 35.8 Å². The van der Waals surface area contributed by atoms with E-state index in [1.54, 1.807) is 25.2 Å². The zero-order valence-corrected chi connectivity index (χ0v) is 19.9. The number of methoxy groups -OCH3 is 1. The third kappa shape index (κ3) is 6.68. The van der Waals surface area contributed by atoms with E-state index in [2.05, 4.69) is 10.3 Å². The Hall–Kier alpha value is -3.17. The van der Waals surface area contributed by atoms with Crippen molar-refractivity contribution in [2.24, 2.45) is 4.99 Å². The molecule has 178 valence electrons. The van der Waals surface area contributed by atoms with E-state index in [0.717, 1.165) is 11.8 Å². The molecule has 0 spiro atoms. The molecule has 5 nitrogen and oxygen atoms in total. The zero-order valence-electron chi connectivity index (χ0n) is 18.3. The Balaban J connectivity index is 1.77. The molecular formula is C24H21ClF3N3O2S. The van der Waals surface area contributed by atoms with Gasteiger partial charge >= 0.3 is 0 Å². The van der Waals surface area contributed by atoms with E-state index in [1.807, 2.05) is 0 Å². The number of nitrogens with zero attached hydrogens (tertiary/aromatic N) is 2. The Morgan fingerprint density at radius 3 is 2.41 bits per heavy atom. The Bertz CT molecular complexity index is 1170. The summed E-state index contributed by atoms with van der Waals surface area (Å²) in [7, 11) is 3.05. The minimum absolute atomic E-state index is 0.0655. The maximum absolute atomic E-state index is 14.0. The van der Waals surface area contributed by atoms with Gasteiger partial charge < -0.3 is 15.0 Å². The normalized spacial score (nSPS) is 11.3. The van der Waals surface area contributed by atoms with Crippen molar-refractivity contribution in [3.8, 4) is 5.75 Å². The number of anilines is 2. The molecule has 0 heterocycles. The van der Waals surface area contributed by atoms with E-state index < -0.39 is 17.5 Å². The zero-order chi connectivity index (χ0) is 24.7. The van der Waals surface area contributed by atoms with Gasteiger partial charge in [0.2, 0.25) is 5.91 Å². The van der Waals surface area contributed by atoms with Crippen molar-refractivity contribution in [1.82, 2.24) is 0 Å². The summed E-state index contributed by atoms with van der Waals surface area (Å²) in [5, 5.41) is 3.62. The second-order valence-electron chi connectivity index (χ2n) is 7.01. The Kier molecular flexibility index (Phi) is 8.84. The molecule has 0 aliphatic rings. The van der Waals surface area contributed by atoms with Crippen LogP contribution in [0.25, 0.3) is 0 Å². The molecule has 34 heavy (non-hydrogen) atoms. The van der Waals surface area contributed by atoms with Crippen LogP contribution in [0.4, 0.5) is 24.5 Å². The highest BCUT2D eigenvalue weighted by molar-refractivity contribution is 8.13. The SMILES string of the molecule is COc1cc(N(C)C(=O)CN=C(Nc2ccc(F)cc2)SCc2c(F)cccc2F)ccc1Cl. The number of hydrogen-bond acceptors (Lipinski definition) is 4. The van der Waals surface area contributed by atoms with Gasteiger partial charge in [0.1, 0.15) is 29.7 Å². The van der Waals surface area contributed by atoms with Crippen molar-refractivity contribution in [2.45, 2.75) is 5.75 Å². The van der Waals surface area contributed by atoms with Crippen LogP contribution in [0.2, 0.25) is 5.02 Å². The van der Waals surface area contributed by atoms with Crippen molar-refractivity contribution in [2.75, 3.05) is 30.9 Å². The lowest BCUT2D eigenvalue weighted by Gasteiger charge is -2.18. The van der Waals surface area contributed by atoms with E-state index in [4.69, 9.17) is 16.3 Å². The molecule has 3 rings (SSSR count). The first-order valence-electron chi connectivity index (χ1n) is 10.0. The molecule has 0 saturated heterocycles. The van der Waals surface area contributed by atoms with Crippen molar-refractivity contribution < 1.29 is 22.7 Å². The number of likely N-dealkylation sites (N-methyl/N-ethyl adjacent to an activating group) is 1. The number of aliphatic imine (C=N–C) groups is 1. The van der Waals surface area contributed by atoms with Gasteiger partial charge in [-0.2, -0.15) is 0 Å². The number of rotatable bonds is 7. The number of thioether (sulfide) groups is 1. The molecule has 0 bridgehead atoms. The van der Waals surface area contributed by atoms with Gasteiger partial charge in [-0.25, -0.2) is 13.2 Å². The van der Waals surface area contributed by atoms with Crippen LogP contribution in [0.3, 0.4) is 0 Å². The topological polar surface area (TPSA) is 53.9 Å². The Morgan fingerprint density at radius 2 is 1.76 bits per heavy atom. The smallest absolute Gasteiger partial charge is 0.248 e. The standard InChI is InChI=1S/C24H21ClF3N3O2S/c1-31(17-10-11-19(25)22(12-17)33-2)23(32)13-29-24(30-16-8-6-15(26)7-9-16)34-14-18-20(27)4-3-5-21(18)28/h3-12H,13-14H2,1-2H3,(H,29,30). The van der Waals surface area contributed by atoms with Crippen LogP contribution in [0.15, 0.2) is 65.7 Å². The highest BCUT2D eigenvalue weighted by atomic mass is 35.5. The van der Waals surface area contributed by atoms with Gasteiger partial charge in [-0.05, 0) is 48.5 Å². The van der Waals surface area contributed by atoms with Crippen LogP contribution in [0, 0.1) is 17.5 Å². The van der Waals surface area contributed by atoms with Gasteiger partial charge in [0.05, 0.1) is 12.1 Å². The number of nitrogens with one attached hydrogen (secondary N) is 1. The third-order valence-electron chi connectivity index (χ3n) is 4.76. The molecule has 3 aromatic rings. The highest BCUT2D eigenvalue weighted by Crippen LogP contribution is 2.29. The van der Waals surface area contributed by atoms with E-state index in [-0.39, 0.29) is 28.9 Å². The highest BCUT2D eigenvalue weighted by Gasteiger charge is 2.15. The van der Waals surface area contributed by atoms with Gasteiger partial charge in [0.15, 0.2) is 5.17 Å². The number of hydrogen-bond donors (Lipinski definition) is 1. The molecule has 0 aliphatic heterocycles. The fourth-order valence-electron chi connectivity index (χ4n) is 2.84. The van der Waals surface area contributed by atoms with Crippen molar-refractivity contribution >= 4 is 45.8 Å². The summed E-state index contributed by atoms with van der Waals surface area (Å²) in [5.41, 5.74) is 0.943. The second kappa shape index (κ2) is 11.8. The van der Waals surface area contributed by atoms with Crippen LogP contribution in [-0.2, 0) is 10.5 Å². The van der Waals surface area contributed by atoms with Gasteiger partial charge in [-0.1, -0.05) is 29.4 Å². The monoisotopic (exact) mass is 507 g/mol. The molecular weight excluding hydrogens is 487 g/mol. The molecule has 0 saturated carbocycles. The quantitative estimate of drug-likeness (QED) is 0.309. The maximum Gasteiger partial charge on any atom is 0.248 e. The minimum Gasteiger partial charge on any atom is -0.495 e. The molecule has 0 aromatic heterocycles. The van der Waals surface area contributed by atoms with E-state index in [0.29, 0.717) is 22.1 Å². The number of amides is 1. The van der Waals surface area contributed by atoms with Crippen LogP contribution in [0.5, 0.6) is 5.75 Å². The summed E-state index contributed by atoms with van der Waals surface area (Å²) < 4.78 is 46.5. The van der Waals surface area contributed by atoms with Crippen molar-refractivity contribution in [3.05, 3.63) is 88.7 Å². The number of amidine groups is 1. The molecule has 1 N–H and O–H groups in total. The summed E-state index contributed by atoms with van der Waals surface area (Å²) >= 11 is 7.06. The summed E-state index contributed by atoms with van der Waals surface area (Å²) in [6.07, 6.45) is 0. The molecule has 1 amide bonds. The van der Waals surface area contributed by atoms with Gasteiger partial charge in [0.25, 0.3) is 0 Å². The fourth-order valence-corrected chi connectivity index (χ4v) is 3.93. The summed E-state index contributed by atoms with van der Waals surface area (Å²) in [6, 6.07) is 14.0. The summed E-state index contributed by atoms with van der Waals surface area (Å²) in [4.78, 5) is 18.4. The first-order chi connectivity index (χ1) is 16.3. The maximum atomic E-state index is 14.0. The van der Waals surface area contributed by atoms with Gasteiger partial charge in [-0.15, -0.1) is 0 Å². The predicted octanol–water partition coefficient (Wildman–Crippen LogP) is 6.13. The van der Waals surface area contributed by atoms with Crippen LogP contribution in [-0.4, -0.2) is 31.8 Å². The number of benzene rings is 3. The van der Waals surface area contributed by atoms with Crippen LogP contribution in [0.1, 0.15) is 5.56 Å². The van der Waals surface area contributed by atoms with Crippen LogP contribution < -0.4 is 15.0 Å². The van der Waals surface area contributed by atoms with Crippen molar-refractivity contribution in [1.29, 1.82) is 0 Å². The number of halogens is 4. The third-order valence-corrected chi connectivity index (χ3v) is 6.01. The Labute approximate surface area is 204 Å². The first-order valence-corrected chi connectivity index (χ1v) is 11.4. The van der Waals surface area contributed by atoms with Crippen LogP contribution >= 0.6 is 23.4 Å². The van der Waals surface area contributed by atoms with Crippen molar-refractivity contribution in [3.63, 3.8) is 0 Å². The molecule has 0 unspecified atom stereocenters. The minimum atomic E-state index is -0.680. The number of carbonyl (C=O) groups is 1. The van der Waals surface area contributed by atoms with E-state index in [9.17, 15) is 18.0 Å². The molecule has 0 aliphatic carbocycles. The second-order valence-corrected chi connectivity index (χ2v) is 8.39.